The minimum absolute atomic E-state index is 0.103. The number of hydrogen-bond donors (Lipinski definition) is 2. The highest BCUT2D eigenvalue weighted by Gasteiger charge is 2.21. The Morgan fingerprint density at radius 2 is 1.89 bits per heavy atom. The molecule has 0 unspecified atom stereocenters. The molecule has 0 aromatic carbocycles. The second-order valence-corrected chi connectivity index (χ2v) is 4.64. The van der Waals surface area contributed by atoms with Gasteiger partial charge < -0.3 is 15.8 Å². The van der Waals surface area contributed by atoms with Gasteiger partial charge in [-0.1, -0.05) is 5.16 Å². The van der Waals surface area contributed by atoms with Crippen LogP contribution in [0.2, 0.25) is 0 Å². The molecule has 1 aromatic heterocycles. The summed E-state index contributed by atoms with van der Waals surface area (Å²) >= 11 is 0. The first-order chi connectivity index (χ1) is 8.65. The maximum atomic E-state index is 8.92. The smallest absolute Gasteiger partial charge is 0.174 e. The van der Waals surface area contributed by atoms with Gasteiger partial charge in [-0.2, -0.15) is 5.10 Å². The van der Waals surface area contributed by atoms with Gasteiger partial charge in [0.25, 0.3) is 0 Å². The normalized spacial score (nSPS) is 17.0. The highest BCUT2D eigenvalue weighted by atomic mass is 16.4. The first kappa shape index (κ1) is 12.6. The van der Waals surface area contributed by atoms with Gasteiger partial charge in [0.05, 0.1) is 11.3 Å². The topological polar surface area (TPSA) is 87.6 Å². The van der Waals surface area contributed by atoms with E-state index in [-0.39, 0.29) is 5.84 Å². The molecule has 1 aliphatic rings. The van der Waals surface area contributed by atoms with Crippen molar-refractivity contribution in [3.05, 3.63) is 16.8 Å². The maximum absolute atomic E-state index is 8.92. The summed E-state index contributed by atoms with van der Waals surface area (Å²) in [6, 6.07) is 0. The van der Waals surface area contributed by atoms with E-state index in [1.807, 2.05) is 13.8 Å². The van der Waals surface area contributed by atoms with E-state index >= 15 is 0 Å². The van der Waals surface area contributed by atoms with E-state index in [0.29, 0.717) is 5.56 Å². The quantitative estimate of drug-likeness (QED) is 0.355. The van der Waals surface area contributed by atoms with E-state index in [1.54, 1.807) is 0 Å². The van der Waals surface area contributed by atoms with Crippen LogP contribution in [0.3, 0.4) is 0 Å². The van der Waals surface area contributed by atoms with Crippen LogP contribution in [0.1, 0.15) is 36.1 Å². The van der Waals surface area contributed by atoms with Gasteiger partial charge in [-0.25, -0.2) is 0 Å². The zero-order valence-electron chi connectivity index (χ0n) is 10.8. The number of aryl methyl sites for hydroxylation is 1. The van der Waals surface area contributed by atoms with Gasteiger partial charge in [0.1, 0.15) is 0 Å². The van der Waals surface area contributed by atoms with E-state index in [4.69, 9.17) is 10.9 Å². The summed E-state index contributed by atoms with van der Waals surface area (Å²) in [5.41, 5.74) is 8.20. The van der Waals surface area contributed by atoms with Gasteiger partial charge in [0.2, 0.25) is 0 Å². The van der Waals surface area contributed by atoms with Gasteiger partial charge in [-0.05, 0) is 38.7 Å². The van der Waals surface area contributed by atoms with Gasteiger partial charge >= 0.3 is 0 Å². The fourth-order valence-electron chi connectivity index (χ4n) is 2.28. The Labute approximate surface area is 106 Å². The molecular weight excluding hydrogens is 230 g/mol. The van der Waals surface area contributed by atoms with Crippen molar-refractivity contribution in [3.8, 4) is 0 Å². The third kappa shape index (κ3) is 2.23. The summed E-state index contributed by atoms with van der Waals surface area (Å²) < 4.78 is 0. The Morgan fingerprint density at radius 3 is 2.50 bits per heavy atom. The van der Waals surface area contributed by atoms with E-state index in [2.05, 4.69) is 20.3 Å². The predicted molar refractivity (Wildman–Crippen MR) is 70.1 cm³/mol. The summed E-state index contributed by atoms with van der Waals surface area (Å²) in [4.78, 5) is 2.16. The van der Waals surface area contributed by atoms with Gasteiger partial charge in [-0.3, -0.25) is 0 Å². The lowest BCUT2D eigenvalue weighted by molar-refractivity contribution is 0.318. The number of anilines is 1. The molecule has 0 atom stereocenters. The average molecular weight is 249 g/mol. The summed E-state index contributed by atoms with van der Waals surface area (Å²) in [5.74, 6) is 0.833. The highest BCUT2D eigenvalue weighted by Crippen LogP contribution is 2.24. The second kappa shape index (κ2) is 5.20. The molecule has 2 heterocycles. The Bertz CT molecular complexity index is 466. The van der Waals surface area contributed by atoms with Crippen molar-refractivity contribution in [1.82, 2.24) is 10.2 Å². The van der Waals surface area contributed by atoms with Crippen LogP contribution in [0.4, 0.5) is 5.82 Å². The van der Waals surface area contributed by atoms with Crippen molar-refractivity contribution in [1.29, 1.82) is 0 Å². The first-order valence-corrected chi connectivity index (χ1v) is 6.22. The summed E-state index contributed by atoms with van der Waals surface area (Å²) in [7, 11) is 0. The molecule has 0 spiro atoms. The molecule has 1 aliphatic heterocycles. The zero-order valence-corrected chi connectivity index (χ0v) is 10.8. The number of hydrogen-bond acceptors (Lipinski definition) is 5. The minimum atomic E-state index is 0.103. The van der Waals surface area contributed by atoms with Crippen LogP contribution in [0.5, 0.6) is 0 Å². The van der Waals surface area contributed by atoms with E-state index < -0.39 is 0 Å². The molecule has 18 heavy (non-hydrogen) atoms. The first-order valence-electron chi connectivity index (χ1n) is 6.22. The summed E-state index contributed by atoms with van der Waals surface area (Å²) in [6.07, 6.45) is 3.53. The number of nitrogens with zero attached hydrogens (tertiary/aromatic N) is 4. The molecule has 0 amide bonds. The highest BCUT2D eigenvalue weighted by molar-refractivity contribution is 6.02. The minimum Gasteiger partial charge on any atom is -0.409 e. The lowest BCUT2D eigenvalue weighted by Crippen LogP contribution is -2.33. The number of amidine groups is 1. The standard InChI is InChI=1S/C12H19N5O/c1-8-9(2)14-15-12(10(8)11(13)16-18)17-6-4-3-5-7-17/h18H,3-7H2,1-2H3,(H2,13,16). The van der Waals surface area contributed by atoms with Crippen LogP contribution in [0.25, 0.3) is 0 Å². The Kier molecular flexibility index (Phi) is 3.64. The number of nitrogens with two attached hydrogens (primary N) is 1. The van der Waals surface area contributed by atoms with Crippen LogP contribution < -0.4 is 10.6 Å². The summed E-state index contributed by atoms with van der Waals surface area (Å²) in [6.45, 7) is 5.69. The van der Waals surface area contributed by atoms with Gasteiger partial charge in [-0.15, -0.1) is 5.10 Å². The number of oxime groups is 1. The molecule has 3 N–H and O–H groups in total. The van der Waals surface area contributed by atoms with Crippen molar-refractivity contribution in [3.63, 3.8) is 0 Å². The Hall–Kier alpha value is -1.85. The van der Waals surface area contributed by atoms with Crippen LogP contribution in [0, 0.1) is 13.8 Å². The number of rotatable bonds is 2. The van der Waals surface area contributed by atoms with Crippen molar-refractivity contribution in [2.45, 2.75) is 33.1 Å². The van der Waals surface area contributed by atoms with Gasteiger partial charge in [0.15, 0.2) is 11.7 Å². The lowest BCUT2D eigenvalue weighted by atomic mass is 10.1. The molecule has 1 fully saturated rings. The predicted octanol–water partition coefficient (Wildman–Crippen LogP) is 1.18. The molecule has 0 saturated carbocycles. The molecule has 6 heteroatoms. The molecular formula is C12H19N5O. The monoisotopic (exact) mass is 249 g/mol. The van der Waals surface area contributed by atoms with Crippen molar-refractivity contribution in [2.75, 3.05) is 18.0 Å². The van der Waals surface area contributed by atoms with E-state index in [1.165, 1.54) is 6.42 Å². The van der Waals surface area contributed by atoms with Crippen LogP contribution in [0.15, 0.2) is 5.16 Å². The van der Waals surface area contributed by atoms with Gasteiger partial charge in [0, 0.05) is 13.1 Å². The fourth-order valence-corrected chi connectivity index (χ4v) is 2.28. The van der Waals surface area contributed by atoms with Crippen LogP contribution in [-0.4, -0.2) is 34.3 Å². The Morgan fingerprint density at radius 1 is 1.22 bits per heavy atom. The number of piperidine rings is 1. The largest absolute Gasteiger partial charge is 0.409 e. The molecule has 1 saturated heterocycles. The Balaban J connectivity index is 2.48. The second-order valence-electron chi connectivity index (χ2n) is 4.64. The molecule has 6 nitrogen and oxygen atoms in total. The average Bonchev–Trinajstić information content (AvgIpc) is 2.42. The molecule has 2 rings (SSSR count). The van der Waals surface area contributed by atoms with E-state index in [9.17, 15) is 0 Å². The zero-order chi connectivity index (χ0) is 13.1. The number of aromatic nitrogens is 2. The molecule has 0 bridgehead atoms. The van der Waals surface area contributed by atoms with Crippen molar-refractivity contribution in [2.24, 2.45) is 10.9 Å². The summed E-state index contributed by atoms with van der Waals surface area (Å²) in [5, 5.41) is 20.4. The molecule has 0 radical (unpaired) electrons. The van der Waals surface area contributed by atoms with E-state index in [0.717, 1.165) is 43.0 Å². The third-order valence-electron chi connectivity index (χ3n) is 3.46. The maximum Gasteiger partial charge on any atom is 0.174 e. The van der Waals surface area contributed by atoms with Crippen LogP contribution >= 0.6 is 0 Å². The molecule has 0 aliphatic carbocycles. The molecule has 98 valence electrons. The van der Waals surface area contributed by atoms with Crippen LogP contribution in [-0.2, 0) is 0 Å². The SMILES string of the molecule is Cc1nnc(N2CCCCC2)c(/C(N)=N/O)c1C. The van der Waals surface area contributed by atoms with Crippen molar-refractivity contribution >= 4 is 11.7 Å². The third-order valence-corrected chi connectivity index (χ3v) is 3.46. The lowest BCUT2D eigenvalue weighted by Gasteiger charge is -2.29. The fraction of sp³-hybridized carbons (Fsp3) is 0.583. The van der Waals surface area contributed by atoms with Crippen molar-refractivity contribution < 1.29 is 5.21 Å². The molecule has 1 aromatic rings.